The summed E-state index contributed by atoms with van der Waals surface area (Å²) in [6.45, 7) is 4.24. The predicted molar refractivity (Wildman–Crippen MR) is 75.1 cm³/mol. The smallest absolute Gasteiger partial charge is 0.0849 e. The van der Waals surface area contributed by atoms with Crippen LogP contribution < -0.4 is 0 Å². The van der Waals surface area contributed by atoms with Gasteiger partial charge < -0.3 is 0 Å². The van der Waals surface area contributed by atoms with Crippen molar-refractivity contribution < 1.29 is 0 Å². The summed E-state index contributed by atoms with van der Waals surface area (Å²) in [6.07, 6.45) is 6.24. The number of hydrogen-bond acceptors (Lipinski definition) is 1. The van der Waals surface area contributed by atoms with Crippen LogP contribution in [0.1, 0.15) is 50.9 Å². The van der Waals surface area contributed by atoms with E-state index in [2.05, 4.69) is 18.9 Å². The molecule has 1 heterocycles. The van der Waals surface area contributed by atoms with Crippen LogP contribution in [0.4, 0.5) is 0 Å². The zero-order chi connectivity index (χ0) is 12.8. The quantitative estimate of drug-likeness (QED) is 0.677. The Kier molecular flexibility index (Phi) is 6.35. The fourth-order valence-corrected chi connectivity index (χ4v) is 2.80. The largest absolute Gasteiger partial charge is 0.271 e. The van der Waals surface area contributed by atoms with E-state index in [1.807, 2.05) is 11.7 Å². The Hall–Kier alpha value is -0.210. The summed E-state index contributed by atoms with van der Waals surface area (Å²) >= 11 is 12.5. The van der Waals surface area contributed by atoms with E-state index < -0.39 is 0 Å². The topological polar surface area (TPSA) is 17.8 Å². The maximum atomic E-state index is 6.29. The summed E-state index contributed by atoms with van der Waals surface area (Å²) in [5.41, 5.74) is 2.14. The molecular formula is C13H22Cl2N2. The Morgan fingerprint density at radius 2 is 2.00 bits per heavy atom. The maximum absolute atomic E-state index is 6.29. The number of rotatable bonds is 7. The Morgan fingerprint density at radius 1 is 1.29 bits per heavy atom. The monoisotopic (exact) mass is 276 g/mol. The van der Waals surface area contributed by atoms with Gasteiger partial charge in [0.05, 0.1) is 16.4 Å². The van der Waals surface area contributed by atoms with Gasteiger partial charge in [-0.25, -0.2) is 0 Å². The molecule has 0 aliphatic heterocycles. The molecule has 4 heteroatoms. The van der Waals surface area contributed by atoms with Crippen LogP contribution in [0, 0.1) is 0 Å². The summed E-state index contributed by atoms with van der Waals surface area (Å²) in [6, 6.07) is 0. The highest BCUT2D eigenvalue weighted by Crippen LogP contribution is 2.23. The molecule has 0 spiro atoms. The molecule has 17 heavy (non-hydrogen) atoms. The van der Waals surface area contributed by atoms with Gasteiger partial charge in [0.1, 0.15) is 0 Å². The molecule has 1 atom stereocenters. The molecule has 2 nitrogen and oxygen atoms in total. The summed E-state index contributed by atoms with van der Waals surface area (Å²) in [5.74, 6) is 0. The lowest BCUT2D eigenvalue weighted by Crippen LogP contribution is -2.02. The second-order valence-electron chi connectivity index (χ2n) is 4.46. The molecule has 1 aromatic rings. The molecule has 0 bridgehead atoms. The average molecular weight is 277 g/mol. The first-order chi connectivity index (χ1) is 8.10. The van der Waals surface area contributed by atoms with Crippen molar-refractivity contribution in [1.82, 2.24) is 9.78 Å². The summed E-state index contributed by atoms with van der Waals surface area (Å²) < 4.78 is 1.91. The highest BCUT2D eigenvalue weighted by Gasteiger charge is 2.13. The van der Waals surface area contributed by atoms with E-state index in [0.29, 0.717) is 5.38 Å². The molecule has 0 radical (unpaired) electrons. The van der Waals surface area contributed by atoms with Gasteiger partial charge >= 0.3 is 0 Å². The first-order valence-corrected chi connectivity index (χ1v) is 7.25. The van der Waals surface area contributed by atoms with E-state index >= 15 is 0 Å². The van der Waals surface area contributed by atoms with Crippen molar-refractivity contribution in [3.8, 4) is 0 Å². The minimum Gasteiger partial charge on any atom is -0.271 e. The van der Waals surface area contributed by atoms with Gasteiger partial charge in [0.25, 0.3) is 0 Å². The zero-order valence-corrected chi connectivity index (χ0v) is 12.5. The van der Waals surface area contributed by atoms with Gasteiger partial charge in [0, 0.05) is 12.4 Å². The molecule has 0 amide bonds. The van der Waals surface area contributed by atoms with Crippen LogP contribution in [-0.4, -0.2) is 15.2 Å². The van der Waals surface area contributed by atoms with Crippen LogP contribution in [0.3, 0.4) is 0 Å². The van der Waals surface area contributed by atoms with Crippen molar-refractivity contribution in [3.63, 3.8) is 0 Å². The minimum absolute atomic E-state index is 0.303. The summed E-state index contributed by atoms with van der Waals surface area (Å²) in [4.78, 5) is 0. The van der Waals surface area contributed by atoms with Gasteiger partial charge in [-0.15, -0.1) is 11.6 Å². The van der Waals surface area contributed by atoms with E-state index in [9.17, 15) is 0 Å². The maximum Gasteiger partial charge on any atom is 0.0849 e. The van der Waals surface area contributed by atoms with Crippen LogP contribution in [-0.2, 0) is 19.9 Å². The molecule has 1 rings (SSSR count). The van der Waals surface area contributed by atoms with Crippen LogP contribution >= 0.6 is 23.2 Å². The molecular weight excluding hydrogens is 255 g/mol. The van der Waals surface area contributed by atoms with E-state index in [4.69, 9.17) is 23.2 Å². The molecule has 1 unspecified atom stereocenters. The van der Waals surface area contributed by atoms with Gasteiger partial charge in [0.15, 0.2) is 0 Å². The number of alkyl halides is 1. The van der Waals surface area contributed by atoms with E-state index in [-0.39, 0.29) is 0 Å². The fraction of sp³-hybridized carbons (Fsp3) is 0.769. The SMILES string of the molecule is CCCC(Cl)CCCc1c(Cl)c(CC)nn1C. The second kappa shape index (κ2) is 7.27. The lowest BCUT2D eigenvalue weighted by Gasteiger charge is -2.07. The zero-order valence-electron chi connectivity index (χ0n) is 11.0. The van der Waals surface area contributed by atoms with Crippen molar-refractivity contribution in [1.29, 1.82) is 0 Å². The third-order valence-electron chi connectivity index (χ3n) is 3.04. The van der Waals surface area contributed by atoms with Crippen LogP contribution in [0.15, 0.2) is 0 Å². The number of aryl methyl sites for hydroxylation is 2. The first-order valence-electron chi connectivity index (χ1n) is 6.44. The van der Waals surface area contributed by atoms with Crippen LogP contribution in [0.25, 0.3) is 0 Å². The second-order valence-corrected chi connectivity index (χ2v) is 5.46. The lowest BCUT2D eigenvalue weighted by molar-refractivity contribution is 0.614. The Labute approximate surface area is 114 Å². The van der Waals surface area contributed by atoms with Crippen molar-refractivity contribution in [2.75, 3.05) is 0 Å². The fourth-order valence-electron chi connectivity index (χ4n) is 2.04. The van der Waals surface area contributed by atoms with Crippen molar-refractivity contribution >= 4 is 23.2 Å². The number of hydrogen-bond donors (Lipinski definition) is 0. The average Bonchev–Trinajstić information content (AvgIpc) is 2.56. The molecule has 0 aromatic carbocycles. The van der Waals surface area contributed by atoms with Crippen LogP contribution in [0.5, 0.6) is 0 Å². The number of aromatic nitrogens is 2. The molecule has 0 aliphatic rings. The highest BCUT2D eigenvalue weighted by atomic mass is 35.5. The minimum atomic E-state index is 0.303. The Morgan fingerprint density at radius 3 is 2.53 bits per heavy atom. The molecule has 0 aliphatic carbocycles. The number of nitrogens with zero attached hydrogens (tertiary/aromatic N) is 2. The molecule has 1 aromatic heterocycles. The van der Waals surface area contributed by atoms with Crippen LogP contribution in [0.2, 0.25) is 5.02 Å². The normalized spacial score (nSPS) is 13.0. The first kappa shape index (κ1) is 14.8. The lowest BCUT2D eigenvalue weighted by atomic mass is 10.1. The highest BCUT2D eigenvalue weighted by molar-refractivity contribution is 6.31. The Bertz CT molecular complexity index is 347. The molecule has 0 saturated carbocycles. The molecule has 0 N–H and O–H groups in total. The standard InChI is InChI=1S/C13H22Cl2N2/c1-4-7-10(14)8-6-9-12-13(15)11(5-2)16-17(12)3/h10H,4-9H2,1-3H3. The van der Waals surface area contributed by atoms with Gasteiger partial charge in [-0.3, -0.25) is 4.68 Å². The summed E-state index contributed by atoms with van der Waals surface area (Å²) in [5, 5.41) is 5.56. The van der Waals surface area contributed by atoms with E-state index in [1.165, 1.54) is 0 Å². The Balaban J connectivity index is 2.49. The van der Waals surface area contributed by atoms with Gasteiger partial charge in [-0.1, -0.05) is 31.9 Å². The van der Waals surface area contributed by atoms with Gasteiger partial charge in [-0.2, -0.15) is 5.10 Å². The third-order valence-corrected chi connectivity index (χ3v) is 3.91. The molecule has 0 fully saturated rings. The number of halogens is 2. The summed E-state index contributed by atoms with van der Waals surface area (Å²) in [7, 11) is 1.96. The van der Waals surface area contributed by atoms with Gasteiger partial charge in [0.2, 0.25) is 0 Å². The third kappa shape index (κ3) is 4.18. The molecule has 98 valence electrons. The van der Waals surface area contributed by atoms with Crippen molar-refractivity contribution in [2.45, 2.75) is 57.7 Å². The van der Waals surface area contributed by atoms with E-state index in [0.717, 1.165) is 54.9 Å². The van der Waals surface area contributed by atoms with Crippen molar-refractivity contribution in [2.24, 2.45) is 7.05 Å². The van der Waals surface area contributed by atoms with E-state index in [1.54, 1.807) is 0 Å². The van der Waals surface area contributed by atoms with Crippen molar-refractivity contribution in [3.05, 3.63) is 16.4 Å². The van der Waals surface area contributed by atoms with Gasteiger partial charge in [-0.05, 0) is 32.1 Å². The molecule has 0 saturated heterocycles. The predicted octanol–water partition coefficient (Wildman–Crippen LogP) is 4.37.